The van der Waals surface area contributed by atoms with Crippen LogP contribution < -0.4 is 5.56 Å². The molecule has 0 fully saturated rings. The van der Waals surface area contributed by atoms with E-state index in [0.717, 1.165) is 16.8 Å². The minimum atomic E-state index is -0.110. The van der Waals surface area contributed by atoms with Crippen molar-refractivity contribution in [1.29, 1.82) is 5.26 Å². The smallest absolute Gasteiger partial charge is 0.266 e. The molecule has 0 N–H and O–H groups in total. The highest BCUT2D eigenvalue weighted by Crippen LogP contribution is 2.22. The summed E-state index contributed by atoms with van der Waals surface area (Å²) in [6, 6.07) is 15.4. The Bertz CT molecular complexity index is 965. The van der Waals surface area contributed by atoms with Crippen molar-refractivity contribution in [2.24, 2.45) is 0 Å². The molecule has 2 aromatic carbocycles. The standard InChI is InChI=1S/C18H15N3OS/c1-12-9-13(2)11-14(10-12)21-17(22)15-5-3-4-6-16(15)20-18(21)23-8-7-19/h3-6,9-11H,8H2,1-2H3. The van der Waals surface area contributed by atoms with Gasteiger partial charge in [-0.3, -0.25) is 9.36 Å². The lowest BCUT2D eigenvalue weighted by Gasteiger charge is -2.13. The van der Waals surface area contributed by atoms with Crippen molar-refractivity contribution in [1.82, 2.24) is 9.55 Å². The lowest BCUT2D eigenvalue weighted by molar-refractivity contribution is 0.819. The zero-order valence-corrected chi connectivity index (χ0v) is 13.7. The van der Waals surface area contributed by atoms with Gasteiger partial charge in [-0.25, -0.2) is 4.98 Å². The Morgan fingerprint density at radius 3 is 2.57 bits per heavy atom. The van der Waals surface area contributed by atoms with Crippen LogP contribution in [0.4, 0.5) is 0 Å². The third kappa shape index (κ3) is 2.99. The first-order chi connectivity index (χ1) is 11.1. The Morgan fingerprint density at radius 1 is 1.17 bits per heavy atom. The summed E-state index contributed by atoms with van der Waals surface area (Å²) >= 11 is 1.27. The molecule has 0 aliphatic rings. The van der Waals surface area contributed by atoms with Crippen LogP contribution in [0.1, 0.15) is 11.1 Å². The number of benzene rings is 2. The molecule has 3 aromatic rings. The Balaban J connectivity index is 2.34. The van der Waals surface area contributed by atoms with Crippen molar-refractivity contribution in [2.75, 3.05) is 5.75 Å². The number of fused-ring (bicyclic) bond motifs is 1. The fourth-order valence-electron chi connectivity index (χ4n) is 2.61. The van der Waals surface area contributed by atoms with E-state index in [-0.39, 0.29) is 11.3 Å². The molecule has 3 rings (SSSR count). The summed E-state index contributed by atoms with van der Waals surface area (Å²) in [5, 5.41) is 9.99. The minimum Gasteiger partial charge on any atom is -0.268 e. The van der Waals surface area contributed by atoms with Crippen LogP contribution in [-0.4, -0.2) is 15.3 Å². The Labute approximate surface area is 138 Å². The van der Waals surface area contributed by atoms with Crippen molar-refractivity contribution in [2.45, 2.75) is 19.0 Å². The second-order valence-corrected chi connectivity index (χ2v) is 6.29. The molecule has 0 radical (unpaired) electrons. The first-order valence-corrected chi connectivity index (χ1v) is 8.19. The van der Waals surface area contributed by atoms with E-state index in [0.29, 0.717) is 16.1 Å². The SMILES string of the molecule is Cc1cc(C)cc(-n2c(SCC#N)nc3ccccc3c2=O)c1. The minimum absolute atomic E-state index is 0.110. The lowest BCUT2D eigenvalue weighted by atomic mass is 10.1. The predicted octanol–water partition coefficient (Wildman–Crippen LogP) is 3.62. The highest BCUT2D eigenvalue weighted by atomic mass is 32.2. The second-order valence-electron chi connectivity index (χ2n) is 5.34. The molecule has 4 nitrogen and oxygen atoms in total. The number of hydrogen-bond donors (Lipinski definition) is 0. The highest BCUT2D eigenvalue weighted by molar-refractivity contribution is 7.99. The largest absolute Gasteiger partial charge is 0.268 e. The van der Waals surface area contributed by atoms with Crippen LogP contribution in [0.2, 0.25) is 0 Å². The topological polar surface area (TPSA) is 58.7 Å². The molecule has 0 saturated heterocycles. The second kappa shape index (κ2) is 6.27. The van der Waals surface area contributed by atoms with E-state index in [4.69, 9.17) is 5.26 Å². The predicted molar refractivity (Wildman–Crippen MR) is 93.2 cm³/mol. The molecule has 0 atom stereocenters. The van der Waals surface area contributed by atoms with Crippen molar-refractivity contribution < 1.29 is 0 Å². The number of aromatic nitrogens is 2. The number of aryl methyl sites for hydroxylation is 2. The van der Waals surface area contributed by atoms with Crippen molar-refractivity contribution in [3.05, 3.63) is 63.9 Å². The number of hydrogen-bond acceptors (Lipinski definition) is 4. The van der Waals surface area contributed by atoms with E-state index >= 15 is 0 Å². The Hall–Kier alpha value is -2.58. The van der Waals surface area contributed by atoms with Crippen LogP contribution in [0.3, 0.4) is 0 Å². The van der Waals surface area contributed by atoms with Crippen LogP contribution in [0.25, 0.3) is 16.6 Å². The first kappa shape index (κ1) is 15.3. The molecule has 0 amide bonds. The molecule has 1 heterocycles. The van der Waals surface area contributed by atoms with Gasteiger partial charge in [0.1, 0.15) is 0 Å². The van der Waals surface area contributed by atoms with E-state index in [9.17, 15) is 4.79 Å². The van der Waals surface area contributed by atoms with Crippen LogP contribution in [0.5, 0.6) is 0 Å². The third-order valence-electron chi connectivity index (χ3n) is 3.48. The summed E-state index contributed by atoms with van der Waals surface area (Å²) in [6.45, 7) is 4.00. The quantitative estimate of drug-likeness (QED) is 0.546. The van der Waals surface area contributed by atoms with Gasteiger partial charge in [0.2, 0.25) is 0 Å². The van der Waals surface area contributed by atoms with Crippen LogP contribution >= 0.6 is 11.8 Å². The van der Waals surface area contributed by atoms with Crippen molar-refractivity contribution >= 4 is 22.7 Å². The van der Waals surface area contributed by atoms with Crippen molar-refractivity contribution in [3.63, 3.8) is 0 Å². The Kier molecular flexibility index (Phi) is 4.18. The van der Waals surface area contributed by atoms with Gasteiger partial charge in [0.25, 0.3) is 5.56 Å². The number of nitrogens with zero attached hydrogens (tertiary/aromatic N) is 3. The van der Waals surface area contributed by atoms with Crippen molar-refractivity contribution in [3.8, 4) is 11.8 Å². The number of nitriles is 1. The average molecular weight is 321 g/mol. The van der Waals surface area contributed by atoms with E-state index in [1.807, 2.05) is 44.2 Å². The normalized spacial score (nSPS) is 10.7. The number of para-hydroxylation sites is 1. The van der Waals surface area contributed by atoms with Gasteiger partial charge in [0, 0.05) is 0 Å². The summed E-state index contributed by atoms with van der Waals surface area (Å²) in [4.78, 5) is 17.5. The zero-order chi connectivity index (χ0) is 16.4. The van der Waals surface area contributed by atoms with E-state index in [1.165, 1.54) is 11.8 Å². The summed E-state index contributed by atoms with van der Waals surface area (Å²) < 4.78 is 1.60. The molecule has 1 aromatic heterocycles. The monoisotopic (exact) mass is 321 g/mol. The summed E-state index contributed by atoms with van der Waals surface area (Å²) in [6.07, 6.45) is 0. The van der Waals surface area contributed by atoms with Gasteiger partial charge in [-0.05, 0) is 49.2 Å². The van der Waals surface area contributed by atoms with Gasteiger partial charge in [0.15, 0.2) is 5.16 Å². The van der Waals surface area contributed by atoms with Gasteiger partial charge in [-0.1, -0.05) is 30.0 Å². The molecular weight excluding hydrogens is 306 g/mol. The zero-order valence-electron chi connectivity index (χ0n) is 12.9. The molecule has 23 heavy (non-hydrogen) atoms. The first-order valence-electron chi connectivity index (χ1n) is 7.20. The van der Waals surface area contributed by atoms with E-state index in [2.05, 4.69) is 17.1 Å². The maximum atomic E-state index is 13.0. The number of rotatable bonds is 3. The summed E-state index contributed by atoms with van der Waals surface area (Å²) in [5.41, 5.74) is 3.48. The Morgan fingerprint density at radius 2 is 1.87 bits per heavy atom. The fourth-order valence-corrected chi connectivity index (χ4v) is 3.29. The molecule has 5 heteroatoms. The third-order valence-corrected chi connectivity index (χ3v) is 4.28. The van der Waals surface area contributed by atoms with E-state index < -0.39 is 0 Å². The number of thioether (sulfide) groups is 1. The van der Waals surface area contributed by atoms with Crippen LogP contribution in [0, 0.1) is 25.2 Å². The fraction of sp³-hybridized carbons (Fsp3) is 0.167. The highest BCUT2D eigenvalue weighted by Gasteiger charge is 2.13. The summed E-state index contributed by atoms with van der Waals surface area (Å²) in [7, 11) is 0. The molecular formula is C18H15N3OS. The van der Waals surface area contributed by atoms with E-state index in [1.54, 1.807) is 10.6 Å². The van der Waals surface area contributed by atoms with Gasteiger partial charge >= 0.3 is 0 Å². The van der Waals surface area contributed by atoms with Gasteiger partial charge in [-0.2, -0.15) is 5.26 Å². The maximum Gasteiger partial charge on any atom is 0.266 e. The average Bonchev–Trinajstić information content (AvgIpc) is 2.52. The maximum absolute atomic E-state index is 13.0. The van der Waals surface area contributed by atoms with Gasteiger partial charge in [0.05, 0.1) is 28.4 Å². The molecule has 0 unspecified atom stereocenters. The lowest BCUT2D eigenvalue weighted by Crippen LogP contribution is -2.22. The van der Waals surface area contributed by atoms with Gasteiger partial charge in [-0.15, -0.1) is 0 Å². The van der Waals surface area contributed by atoms with Crippen LogP contribution in [-0.2, 0) is 0 Å². The van der Waals surface area contributed by atoms with Crippen LogP contribution in [0.15, 0.2) is 52.4 Å². The molecule has 0 saturated carbocycles. The molecule has 0 spiro atoms. The molecule has 0 bridgehead atoms. The van der Waals surface area contributed by atoms with Gasteiger partial charge < -0.3 is 0 Å². The molecule has 0 aliphatic heterocycles. The molecule has 114 valence electrons. The summed E-state index contributed by atoms with van der Waals surface area (Å²) in [5.74, 6) is 0.246. The molecule has 0 aliphatic carbocycles.